The molecule has 96 heavy (non-hydrogen) atoms. The smallest absolute Gasteiger partial charge is 0.462 e. The number of rotatable bonds is 74. The molecule has 19 heteroatoms. The molecule has 0 aliphatic heterocycles. The summed E-state index contributed by atoms with van der Waals surface area (Å²) in [5.74, 6) is 0.890. The lowest BCUT2D eigenvalue weighted by Gasteiger charge is -2.21. The fourth-order valence-electron chi connectivity index (χ4n) is 11.7. The van der Waals surface area contributed by atoms with Crippen molar-refractivity contribution in [2.75, 3.05) is 39.6 Å². The Labute approximate surface area is 588 Å². The summed E-state index contributed by atoms with van der Waals surface area (Å²) in [6.45, 7) is 14.1. The van der Waals surface area contributed by atoms with Crippen LogP contribution in [0, 0.1) is 23.7 Å². The number of carbonyl (C=O) groups excluding carboxylic acids is 4. The molecule has 0 aromatic heterocycles. The zero-order valence-electron chi connectivity index (χ0n) is 63.0. The second kappa shape index (κ2) is 66.3. The van der Waals surface area contributed by atoms with Crippen molar-refractivity contribution in [3.8, 4) is 0 Å². The maximum absolute atomic E-state index is 13.1. The van der Waals surface area contributed by atoms with Gasteiger partial charge in [-0.15, -0.1) is 0 Å². The van der Waals surface area contributed by atoms with Gasteiger partial charge < -0.3 is 33.8 Å². The zero-order valence-corrected chi connectivity index (χ0v) is 64.8. The summed E-state index contributed by atoms with van der Waals surface area (Å²) < 4.78 is 68.5. The number of ether oxygens (including phenoxy) is 4. The number of hydrogen-bond acceptors (Lipinski definition) is 15. The number of aliphatic hydroxyl groups is 1. The van der Waals surface area contributed by atoms with Gasteiger partial charge in [-0.05, 0) is 49.4 Å². The Kier molecular flexibility index (Phi) is 65.0. The standard InChI is InChI=1S/C77H150O17P2/c1-9-70(8)56-48-40-34-36-44-52-60-77(82)94-73(64-88-75(80)58-50-42-35-33-39-47-55-69(6)7)66-92-96(85,86)90-62-71(78)61-89-95(83,84)91-65-72(93-76(81)59-51-43-32-28-24-20-16-12-14-18-22-26-30-38-46-54-68(4)5)63-87-74(79)57-49-41-31-27-23-19-15-11-10-13-17-21-25-29-37-45-53-67(2)3/h67-73,78H,9-66H2,1-8H3,(H,83,84)(H,85,86)/t70?,71-,72-,73-/m1/s1. The minimum absolute atomic E-state index is 0.102. The van der Waals surface area contributed by atoms with Crippen LogP contribution in [0.5, 0.6) is 0 Å². The van der Waals surface area contributed by atoms with E-state index >= 15 is 0 Å². The number of esters is 4. The summed E-state index contributed by atoms with van der Waals surface area (Å²) in [4.78, 5) is 72.8. The maximum Gasteiger partial charge on any atom is 0.472 e. The number of hydrogen-bond donors (Lipinski definition) is 3. The highest BCUT2D eigenvalue weighted by molar-refractivity contribution is 7.47. The zero-order chi connectivity index (χ0) is 71.0. The number of phosphoric acid groups is 2. The van der Waals surface area contributed by atoms with E-state index in [2.05, 4.69) is 55.4 Å². The van der Waals surface area contributed by atoms with Gasteiger partial charge in [-0.2, -0.15) is 0 Å². The van der Waals surface area contributed by atoms with E-state index < -0.39 is 97.5 Å². The quantitative estimate of drug-likeness (QED) is 0.0222. The fourth-order valence-corrected chi connectivity index (χ4v) is 13.3. The largest absolute Gasteiger partial charge is 0.472 e. The molecule has 0 fully saturated rings. The van der Waals surface area contributed by atoms with Gasteiger partial charge in [0.1, 0.15) is 19.3 Å². The Hall–Kier alpha value is -1.94. The third kappa shape index (κ3) is 69.2. The van der Waals surface area contributed by atoms with E-state index in [4.69, 9.17) is 37.0 Å². The first-order valence-electron chi connectivity index (χ1n) is 39.7. The third-order valence-corrected chi connectivity index (χ3v) is 20.1. The average Bonchev–Trinajstić information content (AvgIpc) is 1.92. The second-order valence-corrected chi connectivity index (χ2v) is 32.3. The molecule has 0 spiro atoms. The van der Waals surface area contributed by atoms with Crippen LogP contribution in [-0.2, 0) is 65.4 Å². The van der Waals surface area contributed by atoms with E-state index in [9.17, 15) is 43.2 Å². The normalized spacial score (nSPS) is 14.4. The minimum atomic E-state index is -4.96. The topological polar surface area (TPSA) is 237 Å². The predicted octanol–water partition coefficient (Wildman–Crippen LogP) is 22.4. The highest BCUT2D eigenvalue weighted by Crippen LogP contribution is 2.45. The number of unbranched alkanes of at least 4 members (excludes halogenated alkanes) is 39. The first-order valence-corrected chi connectivity index (χ1v) is 42.7. The van der Waals surface area contributed by atoms with Crippen molar-refractivity contribution >= 4 is 39.5 Å². The third-order valence-electron chi connectivity index (χ3n) is 18.2. The molecule has 17 nitrogen and oxygen atoms in total. The molecule has 0 aliphatic carbocycles. The van der Waals surface area contributed by atoms with Crippen LogP contribution < -0.4 is 0 Å². The fraction of sp³-hybridized carbons (Fsp3) is 0.948. The van der Waals surface area contributed by atoms with Crippen molar-refractivity contribution in [1.29, 1.82) is 0 Å². The highest BCUT2D eigenvalue weighted by Gasteiger charge is 2.30. The van der Waals surface area contributed by atoms with Crippen molar-refractivity contribution in [3.63, 3.8) is 0 Å². The number of phosphoric ester groups is 2. The molecule has 3 unspecified atom stereocenters. The van der Waals surface area contributed by atoms with Crippen LogP contribution in [0.3, 0.4) is 0 Å². The average molecular weight is 1410 g/mol. The molecule has 570 valence electrons. The van der Waals surface area contributed by atoms with E-state index in [1.807, 2.05) is 0 Å². The first-order chi connectivity index (χ1) is 46.1. The summed E-state index contributed by atoms with van der Waals surface area (Å²) in [6, 6.07) is 0. The van der Waals surface area contributed by atoms with Gasteiger partial charge in [-0.25, -0.2) is 9.13 Å². The van der Waals surface area contributed by atoms with Crippen molar-refractivity contribution < 1.29 is 80.2 Å². The van der Waals surface area contributed by atoms with E-state index in [-0.39, 0.29) is 25.7 Å². The first kappa shape index (κ1) is 94.1. The Morgan fingerprint density at radius 2 is 0.500 bits per heavy atom. The Balaban J connectivity index is 5.21. The second-order valence-electron chi connectivity index (χ2n) is 29.4. The van der Waals surface area contributed by atoms with Crippen molar-refractivity contribution in [2.24, 2.45) is 23.7 Å². The Bertz CT molecular complexity index is 1890. The van der Waals surface area contributed by atoms with E-state index in [1.54, 1.807) is 0 Å². The van der Waals surface area contributed by atoms with E-state index in [0.717, 1.165) is 114 Å². The van der Waals surface area contributed by atoms with Gasteiger partial charge in [0.15, 0.2) is 12.2 Å². The van der Waals surface area contributed by atoms with Crippen molar-refractivity contribution in [1.82, 2.24) is 0 Å². The van der Waals surface area contributed by atoms with Crippen LogP contribution in [0.15, 0.2) is 0 Å². The van der Waals surface area contributed by atoms with Gasteiger partial charge >= 0.3 is 39.5 Å². The lowest BCUT2D eigenvalue weighted by atomic mass is 10.00. The van der Waals surface area contributed by atoms with Gasteiger partial charge in [0, 0.05) is 25.7 Å². The summed E-state index contributed by atoms with van der Waals surface area (Å²) in [5.41, 5.74) is 0. The summed E-state index contributed by atoms with van der Waals surface area (Å²) in [6.07, 6.45) is 51.7. The molecule has 0 aromatic rings. The lowest BCUT2D eigenvalue weighted by molar-refractivity contribution is -0.161. The monoisotopic (exact) mass is 1410 g/mol. The van der Waals surface area contributed by atoms with Crippen molar-refractivity contribution in [3.05, 3.63) is 0 Å². The molecule has 0 aromatic carbocycles. The van der Waals surface area contributed by atoms with E-state index in [0.29, 0.717) is 31.6 Å². The molecule has 0 aliphatic rings. The molecule has 0 saturated carbocycles. The highest BCUT2D eigenvalue weighted by atomic mass is 31.2. The van der Waals surface area contributed by atoms with Gasteiger partial charge in [-0.3, -0.25) is 37.3 Å². The molecule has 0 radical (unpaired) electrons. The summed E-state index contributed by atoms with van der Waals surface area (Å²) in [7, 11) is -9.91. The maximum atomic E-state index is 13.1. The summed E-state index contributed by atoms with van der Waals surface area (Å²) >= 11 is 0. The Morgan fingerprint density at radius 1 is 0.292 bits per heavy atom. The molecule has 0 amide bonds. The Morgan fingerprint density at radius 3 is 0.740 bits per heavy atom. The SMILES string of the molecule is CCC(C)CCCCCCCCC(=O)O[C@H](COC(=O)CCCCCCCCC(C)C)COP(=O)(O)OC[C@H](O)COP(=O)(O)OC[C@@H](COC(=O)CCCCCCCCCCCCCCCCCCC(C)C)OC(=O)CCCCCCCCCCCCCCCCCC(C)C. The van der Waals surface area contributed by atoms with Crippen LogP contribution in [0.25, 0.3) is 0 Å². The van der Waals surface area contributed by atoms with Crippen molar-refractivity contribution in [2.45, 2.75) is 408 Å². The van der Waals surface area contributed by atoms with Crippen LogP contribution in [0.1, 0.15) is 389 Å². The van der Waals surface area contributed by atoms with Gasteiger partial charge in [-0.1, -0.05) is 338 Å². The molecular formula is C77H150O17P2. The van der Waals surface area contributed by atoms with E-state index in [1.165, 1.54) is 186 Å². The van der Waals surface area contributed by atoms with Crippen LogP contribution in [0.4, 0.5) is 0 Å². The molecule has 6 atom stereocenters. The molecule has 3 N–H and O–H groups in total. The minimum Gasteiger partial charge on any atom is -0.462 e. The van der Waals surface area contributed by atoms with Gasteiger partial charge in [0.05, 0.1) is 26.4 Å². The molecule has 0 bridgehead atoms. The molecular weight excluding hydrogens is 1260 g/mol. The van der Waals surface area contributed by atoms with Crippen LogP contribution in [0.2, 0.25) is 0 Å². The number of carbonyl (C=O) groups is 4. The van der Waals surface area contributed by atoms with Crippen LogP contribution in [-0.4, -0.2) is 96.7 Å². The summed E-state index contributed by atoms with van der Waals surface area (Å²) in [5, 5.41) is 10.6. The van der Waals surface area contributed by atoms with Gasteiger partial charge in [0.2, 0.25) is 0 Å². The lowest BCUT2D eigenvalue weighted by Crippen LogP contribution is -2.30. The van der Waals surface area contributed by atoms with Crippen LogP contribution >= 0.6 is 15.6 Å². The molecule has 0 saturated heterocycles. The molecule has 0 rings (SSSR count). The molecule has 0 heterocycles. The number of aliphatic hydroxyl groups excluding tert-OH is 1. The van der Waals surface area contributed by atoms with Gasteiger partial charge in [0.25, 0.3) is 0 Å². The predicted molar refractivity (Wildman–Crippen MR) is 391 cm³/mol.